The van der Waals surface area contributed by atoms with Crippen LogP contribution in [0.15, 0.2) is 12.7 Å². The van der Waals surface area contributed by atoms with Crippen molar-refractivity contribution in [3.8, 4) is 0 Å². The standard InChI is InChI=1S/C15H22N6O5S/c1-27(3-2-7(16)15(24)25)4-8-10(22)11(23)14(26-8)21-6-20-9-12(17)18-5-19-13(9)21/h5-8,10-11,14,22-23H,2-4,16H2,1H3,(H2-,17,18,19,24,25)/p+1/t7?,8-,10?,11?,14-,27?/m1/s1. The molecule has 0 bridgehead atoms. The number of carboxylic acids is 1. The number of nitrogens with two attached hydrogens (primary N) is 2. The van der Waals surface area contributed by atoms with Crippen LogP contribution in [0.4, 0.5) is 5.82 Å². The fourth-order valence-electron chi connectivity index (χ4n) is 2.97. The highest BCUT2D eigenvalue weighted by Crippen LogP contribution is 2.32. The lowest BCUT2D eigenvalue weighted by atomic mass is 10.1. The number of hydrogen-bond acceptors (Lipinski definition) is 9. The largest absolute Gasteiger partial charge is 0.480 e. The second-order valence-corrected chi connectivity index (χ2v) is 8.82. The fourth-order valence-corrected chi connectivity index (χ4v) is 4.63. The number of hydrogen-bond donors (Lipinski definition) is 5. The quantitative estimate of drug-likeness (QED) is 0.329. The first-order chi connectivity index (χ1) is 12.8. The van der Waals surface area contributed by atoms with E-state index in [0.29, 0.717) is 29.1 Å². The highest BCUT2D eigenvalue weighted by atomic mass is 32.2. The van der Waals surface area contributed by atoms with Gasteiger partial charge in [-0.15, -0.1) is 0 Å². The molecule has 0 aliphatic carbocycles. The molecule has 1 saturated heterocycles. The summed E-state index contributed by atoms with van der Waals surface area (Å²) in [5.41, 5.74) is 12.1. The molecule has 148 valence electrons. The van der Waals surface area contributed by atoms with Crippen LogP contribution < -0.4 is 11.5 Å². The van der Waals surface area contributed by atoms with Crippen LogP contribution in [0.3, 0.4) is 0 Å². The van der Waals surface area contributed by atoms with E-state index in [1.807, 2.05) is 6.26 Å². The molecule has 0 radical (unpaired) electrons. The number of aliphatic hydroxyl groups is 2. The van der Waals surface area contributed by atoms with Crippen LogP contribution in [0, 0.1) is 0 Å². The Labute approximate surface area is 157 Å². The van der Waals surface area contributed by atoms with Gasteiger partial charge < -0.3 is 31.5 Å². The Kier molecular flexibility index (Phi) is 5.81. The van der Waals surface area contributed by atoms with Crippen molar-refractivity contribution in [2.45, 2.75) is 37.0 Å². The molecule has 11 nitrogen and oxygen atoms in total. The summed E-state index contributed by atoms with van der Waals surface area (Å²) >= 11 is 0. The molecule has 2 aromatic rings. The molecule has 3 rings (SSSR count). The van der Waals surface area contributed by atoms with E-state index in [4.69, 9.17) is 21.3 Å². The number of aromatic nitrogens is 4. The Hall–Kier alpha value is -1.99. The number of aliphatic carboxylic acids is 1. The van der Waals surface area contributed by atoms with Crippen LogP contribution in [0.2, 0.25) is 0 Å². The lowest BCUT2D eigenvalue weighted by molar-refractivity contribution is -0.138. The highest BCUT2D eigenvalue weighted by molar-refractivity contribution is 7.96. The van der Waals surface area contributed by atoms with Crippen molar-refractivity contribution >= 4 is 33.8 Å². The van der Waals surface area contributed by atoms with E-state index in [9.17, 15) is 15.0 Å². The summed E-state index contributed by atoms with van der Waals surface area (Å²) < 4.78 is 7.41. The minimum Gasteiger partial charge on any atom is -0.480 e. The molecule has 0 saturated carbocycles. The second-order valence-electron chi connectivity index (χ2n) is 6.51. The zero-order valence-corrected chi connectivity index (χ0v) is 15.5. The van der Waals surface area contributed by atoms with Gasteiger partial charge in [-0.25, -0.2) is 15.0 Å². The van der Waals surface area contributed by atoms with Crippen molar-refractivity contribution in [1.82, 2.24) is 19.5 Å². The maximum Gasteiger partial charge on any atom is 0.320 e. The van der Waals surface area contributed by atoms with Crippen molar-refractivity contribution in [2.24, 2.45) is 5.73 Å². The lowest BCUT2D eigenvalue weighted by Crippen LogP contribution is -2.37. The summed E-state index contributed by atoms with van der Waals surface area (Å²) in [6, 6.07) is -0.907. The van der Waals surface area contributed by atoms with Crippen molar-refractivity contribution in [1.29, 1.82) is 0 Å². The third-order valence-electron chi connectivity index (χ3n) is 4.54. The zero-order valence-electron chi connectivity index (χ0n) is 14.7. The van der Waals surface area contributed by atoms with Gasteiger partial charge in [0.1, 0.15) is 47.7 Å². The number of ether oxygens (including phenoxy) is 1. The summed E-state index contributed by atoms with van der Waals surface area (Å²) in [6.45, 7) is 0. The van der Waals surface area contributed by atoms with Gasteiger partial charge in [-0.3, -0.25) is 9.36 Å². The molecule has 2 aromatic heterocycles. The zero-order chi connectivity index (χ0) is 19.7. The molecule has 0 amide bonds. The van der Waals surface area contributed by atoms with Gasteiger partial charge in [0.15, 0.2) is 17.7 Å². The number of carbonyl (C=O) groups is 1. The number of rotatable bonds is 7. The van der Waals surface area contributed by atoms with Crippen molar-refractivity contribution in [3.05, 3.63) is 12.7 Å². The lowest BCUT2D eigenvalue weighted by Gasteiger charge is -2.16. The van der Waals surface area contributed by atoms with Gasteiger partial charge in [-0.2, -0.15) is 0 Å². The number of aliphatic hydroxyl groups excluding tert-OH is 2. The Morgan fingerprint density at radius 1 is 1.37 bits per heavy atom. The molecule has 0 aromatic carbocycles. The predicted octanol–water partition coefficient (Wildman–Crippen LogP) is -1.92. The number of nitrogen functional groups attached to an aromatic ring is 1. The van der Waals surface area contributed by atoms with E-state index >= 15 is 0 Å². The van der Waals surface area contributed by atoms with E-state index < -0.39 is 36.6 Å². The number of nitrogens with zero attached hydrogens (tertiary/aromatic N) is 4. The summed E-state index contributed by atoms with van der Waals surface area (Å²) in [7, 11) is -0.235. The molecule has 12 heteroatoms. The molecule has 6 atom stereocenters. The van der Waals surface area contributed by atoms with Gasteiger partial charge in [-0.05, 0) is 10.9 Å². The van der Waals surface area contributed by atoms with Gasteiger partial charge in [0, 0.05) is 6.42 Å². The van der Waals surface area contributed by atoms with Crippen LogP contribution in [0.5, 0.6) is 0 Å². The minimum absolute atomic E-state index is 0.216. The molecule has 0 spiro atoms. The topological polar surface area (TPSA) is 183 Å². The van der Waals surface area contributed by atoms with Crippen molar-refractivity contribution in [2.75, 3.05) is 23.5 Å². The first kappa shape index (κ1) is 19.8. The molecule has 1 aliphatic heterocycles. The molecular weight excluding hydrogens is 376 g/mol. The smallest absolute Gasteiger partial charge is 0.320 e. The summed E-state index contributed by atoms with van der Waals surface area (Å²) in [5, 5.41) is 29.7. The first-order valence-electron chi connectivity index (χ1n) is 8.31. The maximum absolute atomic E-state index is 10.8. The van der Waals surface area contributed by atoms with Crippen LogP contribution in [-0.2, 0) is 20.4 Å². The number of carboxylic acid groups (broad SMARTS) is 1. The minimum atomic E-state index is -1.16. The van der Waals surface area contributed by atoms with Gasteiger partial charge in [-0.1, -0.05) is 0 Å². The Morgan fingerprint density at radius 2 is 2.11 bits per heavy atom. The molecular formula is C15H23N6O5S+. The summed E-state index contributed by atoms with van der Waals surface area (Å²) in [5.74, 6) is 0.254. The SMILES string of the molecule is C[S+](CCC(N)C(=O)O)C[C@H]1O[C@@H](n2cnc3c(N)ncnc32)C(O)C1O. The number of anilines is 1. The molecule has 4 unspecified atom stereocenters. The molecule has 1 aliphatic rings. The van der Waals surface area contributed by atoms with E-state index in [0.717, 1.165) is 0 Å². The van der Waals surface area contributed by atoms with E-state index in [1.54, 1.807) is 0 Å². The molecule has 1 fully saturated rings. The third kappa shape index (κ3) is 3.99. The van der Waals surface area contributed by atoms with E-state index in [1.165, 1.54) is 17.2 Å². The molecule has 7 N–H and O–H groups in total. The van der Waals surface area contributed by atoms with E-state index in [2.05, 4.69) is 15.0 Å². The van der Waals surface area contributed by atoms with Crippen molar-refractivity contribution in [3.63, 3.8) is 0 Å². The van der Waals surface area contributed by atoms with Crippen LogP contribution in [0.25, 0.3) is 11.2 Å². The first-order valence-corrected chi connectivity index (χ1v) is 10.3. The van der Waals surface area contributed by atoms with Crippen LogP contribution in [-0.4, -0.2) is 82.9 Å². The summed E-state index contributed by atoms with van der Waals surface area (Å²) in [4.78, 5) is 23.0. The molecule has 27 heavy (non-hydrogen) atoms. The van der Waals surface area contributed by atoms with Crippen molar-refractivity contribution < 1.29 is 24.9 Å². The second kappa shape index (κ2) is 7.94. The number of imidazole rings is 1. The fraction of sp³-hybridized carbons (Fsp3) is 0.600. The summed E-state index contributed by atoms with van der Waals surface area (Å²) in [6.07, 6.45) is 1.31. The van der Waals surface area contributed by atoms with Crippen LogP contribution >= 0.6 is 0 Å². The average Bonchev–Trinajstić information content (AvgIpc) is 3.17. The Balaban J connectivity index is 1.68. The average molecular weight is 399 g/mol. The number of fused-ring (bicyclic) bond motifs is 1. The van der Waals surface area contributed by atoms with Gasteiger partial charge >= 0.3 is 5.97 Å². The van der Waals surface area contributed by atoms with Gasteiger partial charge in [0.25, 0.3) is 0 Å². The van der Waals surface area contributed by atoms with E-state index in [-0.39, 0.29) is 16.7 Å². The highest BCUT2D eigenvalue weighted by Gasteiger charge is 2.46. The maximum atomic E-state index is 10.8. The Morgan fingerprint density at radius 3 is 2.81 bits per heavy atom. The monoisotopic (exact) mass is 399 g/mol. The predicted molar refractivity (Wildman–Crippen MR) is 98.9 cm³/mol. The van der Waals surface area contributed by atoms with Gasteiger partial charge in [0.2, 0.25) is 0 Å². The van der Waals surface area contributed by atoms with Gasteiger partial charge in [0.05, 0.1) is 12.6 Å². The van der Waals surface area contributed by atoms with Crippen LogP contribution in [0.1, 0.15) is 12.6 Å². The molecule has 3 heterocycles. The third-order valence-corrected chi connectivity index (χ3v) is 6.37. The normalized spacial score (nSPS) is 27.7. The Bertz CT molecular complexity index is 819.